The van der Waals surface area contributed by atoms with E-state index in [1.165, 1.54) is 11.1 Å². The number of nitrogens with zero attached hydrogens (tertiary/aromatic N) is 2. The topological polar surface area (TPSA) is 59.2 Å². The van der Waals surface area contributed by atoms with Crippen LogP contribution in [-0.2, 0) is 17.2 Å². The molecule has 0 saturated carbocycles. The lowest BCUT2D eigenvalue weighted by Crippen LogP contribution is -2.38. The van der Waals surface area contributed by atoms with E-state index in [0.717, 1.165) is 36.8 Å². The SMILES string of the molecule is Cc1cc(CC(C)N)cnc1N1CCS(=O)CC1. The highest BCUT2D eigenvalue weighted by Crippen LogP contribution is 2.20. The van der Waals surface area contributed by atoms with Crippen molar-refractivity contribution in [2.24, 2.45) is 5.73 Å². The van der Waals surface area contributed by atoms with Crippen molar-refractivity contribution in [1.29, 1.82) is 0 Å². The molecule has 0 aromatic carbocycles. The second-order valence-corrected chi connectivity index (χ2v) is 6.70. The Morgan fingerprint density at radius 3 is 2.72 bits per heavy atom. The molecule has 0 bridgehead atoms. The van der Waals surface area contributed by atoms with Crippen LogP contribution < -0.4 is 10.6 Å². The van der Waals surface area contributed by atoms with Crippen LogP contribution in [0.3, 0.4) is 0 Å². The van der Waals surface area contributed by atoms with Crippen molar-refractivity contribution in [2.75, 3.05) is 29.5 Å². The highest BCUT2D eigenvalue weighted by molar-refractivity contribution is 7.85. The molecular formula is C13H21N3OS. The van der Waals surface area contributed by atoms with Crippen molar-refractivity contribution in [3.05, 3.63) is 23.4 Å². The van der Waals surface area contributed by atoms with Crippen LogP contribution in [0.25, 0.3) is 0 Å². The third-order valence-corrected chi connectivity index (χ3v) is 4.42. The minimum Gasteiger partial charge on any atom is -0.355 e. The molecule has 1 aliphatic heterocycles. The van der Waals surface area contributed by atoms with Gasteiger partial charge in [0.05, 0.1) is 0 Å². The van der Waals surface area contributed by atoms with Gasteiger partial charge in [-0.3, -0.25) is 4.21 Å². The molecule has 0 amide bonds. The average molecular weight is 267 g/mol. The summed E-state index contributed by atoms with van der Waals surface area (Å²) in [4.78, 5) is 6.78. The van der Waals surface area contributed by atoms with Gasteiger partial charge < -0.3 is 10.6 Å². The second-order valence-electron chi connectivity index (χ2n) is 5.00. The summed E-state index contributed by atoms with van der Waals surface area (Å²) in [6.45, 7) is 5.77. The normalized spacial score (nSPS) is 18.9. The molecule has 2 heterocycles. The van der Waals surface area contributed by atoms with Crippen LogP contribution in [0.2, 0.25) is 0 Å². The van der Waals surface area contributed by atoms with E-state index in [1.807, 2.05) is 13.1 Å². The molecule has 0 aliphatic carbocycles. The molecule has 5 heteroatoms. The Bertz CT molecular complexity index is 438. The maximum Gasteiger partial charge on any atom is 0.131 e. The molecule has 1 saturated heterocycles. The van der Waals surface area contributed by atoms with E-state index < -0.39 is 10.8 Å². The molecular weight excluding hydrogens is 246 g/mol. The first-order valence-corrected chi connectivity index (χ1v) is 7.86. The van der Waals surface area contributed by atoms with Crippen LogP contribution in [0, 0.1) is 6.92 Å². The van der Waals surface area contributed by atoms with Crippen LogP contribution in [0.5, 0.6) is 0 Å². The van der Waals surface area contributed by atoms with Crippen LogP contribution in [-0.4, -0.2) is 39.8 Å². The first-order chi connectivity index (χ1) is 8.56. The zero-order valence-electron chi connectivity index (χ0n) is 11.1. The van der Waals surface area contributed by atoms with Crippen molar-refractivity contribution in [3.63, 3.8) is 0 Å². The summed E-state index contributed by atoms with van der Waals surface area (Å²) in [7, 11) is -0.639. The Labute approximate surface area is 111 Å². The maximum absolute atomic E-state index is 11.4. The number of pyridine rings is 1. The summed E-state index contributed by atoms with van der Waals surface area (Å²) in [6.07, 6.45) is 2.77. The lowest BCUT2D eigenvalue weighted by molar-refractivity contribution is 0.672. The van der Waals surface area contributed by atoms with Crippen LogP contribution in [0.1, 0.15) is 18.1 Å². The molecule has 2 rings (SSSR count). The number of rotatable bonds is 3. The lowest BCUT2D eigenvalue weighted by atomic mass is 10.1. The second kappa shape index (κ2) is 5.80. The quantitative estimate of drug-likeness (QED) is 0.882. The molecule has 1 atom stereocenters. The highest BCUT2D eigenvalue weighted by Gasteiger charge is 2.18. The molecule has 1 aromatic heterocycles. The summed E-state index contributed by atoms with van der Waals surface area (Å²) >= 11 is 0. The van der Waals surface area contributed by atoms with Crippen LogP contribution in [0.4, 0.5) is 5.82 Å². The van der Waals surface area contributed by atoms with E-state index in [1.54, 1.807) is 0 Å². The Balaban J connectivity index is 2.12. The van der Waals surface area contributed by atoms with Gasteiger partial charge in [0, 0.05) is 47.6 Å². The van der Waals surface area contributed by atoms with Crippen LogP contribution >= 0.6 is 0 Å². The smallest absolute Gasteiger partial charge is 0.131 e. The Morgan fingerprint density at radius 2 is 2.17 bits per heavy atom. The van der Waals surface area contributed by atoms with Gasteiger partial charge in [0.1, 0.15) is 5.82 Å². The minimum absolute atomic E-state index is 0.162. The van der Waals surface area contributed by atoms with E-state index in [4.69, 9.17) is 5.73 Å². The zero-order chi connectivity index (χ0) is 13.1. The third kappa shape index (κ3) is 3.29. The fraction of sp³-hybridized carbons (Fsp3) is 0.615. The van der Waals surface area contributed by atoms with E-state index in [9.17, 15) is 4.21 Å². The van der Waals surface area contributed by atoms with Gasteiger partial charge in [-0.15, -0.1) is 0 Å². The van der Waals surface area contributed by atoms with Gasteiger partial charge in [-0.1, -0.05) is 6.07 Å². The van der Waals surface area contributed by atoms with E-state index in [-0.39, 0.29) is 6.04 Å². The Morgan fingerprint density at radius 1 is 1.50 bits per heavy atom. The number of nitrogens with two attached hydrogens (primary N) is 1. The van der Waals surface area contributed by atoms with E-state index in [0.29, 0.717) is 0 Å². The monoisotopic (exact) mass is 267 g/mol. The van der Waals surface area contributed by atoms with Crippen LogP contribution in [0.15, 0.2) is 12.3 Å². The molecule has 100 valence electrons. The van der Waals surface area contributed by atoms with Gasteiger partial charge in [-0.2, -0.15) is 0 Å². The van der Waals surface area contributed by atoms with E-state index in [2.05, 4.69) is 22.9 Å². The van der Waals surface area contributed by atoms with Crippen molar-refractivity contribution in [3.8, 4) is 0 Å². The molecule has 2 N–H and O–H groups in total. The summed E-state index contributed by atoms with van der Waals surface area (Å²) in [5, 5.41) is 0. The van der Waals surface area contributed by atoms with Crippen molar-refractivity contribution >= 4 is 16.6 Å². The third-order valence-electron chi connectivity index (χ3n) is 3.14. The average Bonchev–Trinajstić information content (AvgIpc) is 2.30. The molecule has 1 unspecified atom stereocenters. The highest BCUT2D eigenvalue weighted by atomic mass is 32.2. The number of aryl methyl sites for hydroxylation is 1. The van der Waals surface area contributed by atoms with Gasteiger partial charge in [-0.25, -0.2) is 4.98 Å². The largest absolute Gasteiger partial charge is 0.355 e. The van der Waals surface area contributed by atoms with Gasteiger partial charge in [0.2, 0.25) is 0 Å². The fourth-order valence-corrected chi connectivity index (χ4v) is 3.34. The molecule has 1 aromatic rings. The molecule has 4 nitrogen and oxygen atoms in total. The number of hydrogen-bond donors (Lipinski definition) is 1. The number of hydrogen-bond acceptors (Lipinski definition) is 4. The number of anilines is 1. The molecule has 18 heavy (non-hydrogen) atoms. The number of aromatic nitrogens is 1. The lowest BCUT2D eigenvalue weighted by Gasteiger charge is -2.28. The van der Waals surface area contributed by atoms with Crippen molar-refractivity contribution in [2.45, 2.75) is 26.3 Å². The van der Waals surface area contributed by atoms with Gasteiger partial charge >= 0.3 is 0 Å². The van der Waals surface area contributed by atoms with Crippen molar-refractivity contribution in [1.82, 2.24) is 4.98 Å². The summed E-state index contributed by atoms with van der Waals surface area (Å²) in [5.74, 6) is 2.53. The van der Waals surface area contributed by atoms with Gasteiger partial charge in [0.15, 0.2) is 0 Å². The summed E-state index contributed by atoms with van der Waals surface area (Å²) in [5.41, 5.74) is 8.17. The summed E-state index contributed by atoms with van der Waals surface area (Å²) in [6, 6.07) is 2.33. The van der Waals surface area contributed by atoms with E-state index >= 15 is 0 Å². The molecule has 1 fully saturated rings. The standard InChI is InChI=1S/C13H21N3OS/c1-10-7-12(8-11(2)14)9-15-13(10)16-3-5-18(17)6-4-16/h7,9,11H,3-6,8,14H2,1-2H3. The zero-order valence-corrected chi connectivity index (χ0v) is 11.9. The van der Waals surface area contributed by atoms with Gasteiger partial charge in [-0.05, 0) is 31.4 Å². The minimum atomic E-state index is -0.639. The molecule has 0 radical (unpaired) electrons. The Hall–Kier alpha value is -0.940. The summed E-state index contributed by atoms with van der Waals surface area (Å²) < 4.78 is 11.4. The van der Waals surface area contributed by atoms with Crippen molar-refractivity contribution < 1.29 is 4.21 Å². The predicted molar refractivity (Wildman–Crippen MR) is 76.4 cm³/mol. The van der Waals surface area contributed by atoms with Gasteiger partial charge in [0.25, 0.3) is 0 Å². The fourth-order valence-electron chi connectivity index (χ4n) is 2.29. The maximum atomic E-state index is 11.4. The first-order valence-electron chi connectivity index (χ1n) is 6.37. The Kier molecular flexibility index (Phi) is 4.35. The molecule has 1 aliphatic rings. The molecule has 0 spiro atoms. The predicted octanol–water partition coefficient (Wildman–Crippen LogP) is 0.848. The first kappa shape index (κ1) is 13.5.